The van der Waals surface area contributed by atoms with Crippen LogP contribution in [0.3, 0.4) is 0 Å². The molecule has 2 rings (SSSR count). The smallest absolute Gasteiger partial charge is 0.323 e. The monoisotopic (exact) mass is 541 g/mol. The molecule has 0 bridgehead atoms. The number of carbonyl (C=O) groups is 4. The molecule has 0 spiro atoms. The lowest BCUT2D eigenvalue weighted by molar-refractivity contribution is -0.137. The van der Waals surface area contributed by atoms with Crippen LogP contribution in [0.5, 0.6) is 5.75 Å². The predicted octanol–water partition coefficient (Wildman–Crippen LogP) is 3.93. The van der Waals surface area contributed by atoms with Gasteiger partial charge in [-0.25, -0.2) is 9.59 Å². The Labute approximate surface area is 229 Å². The number of urea groups is 2. The minimum atomic E-state index is -0.974. The highest BCUT2D eigenvalue weighted by atomic mass is 16.5. The number of nitrogens with zero attached hydrogens (tertiary/aromatic N) is 2. The van der Waals surface area contributed by atoms with Crippen molar-refractivity contribution in [3.63, 3.8) is 0 Å². The van der Waals surface area contributed by atoms with Crippen molar-refractivity contribution in [2.24, 2.45) is 0 Å². The quantitative estimate of drug-likeness (QED) is 0.303. The molecule has 11 heteroatoms. The van der Waals surface area contributed by atoms with E-state index < -0.39 is 12.0 Å². The van der Waals surface area contributed by atoms with E-state index >= 15 is 0 Å². The highest BCUT2D eigenvalue weighted by Crippen LogP contribution is 2.26. The summed E-state index contributed by atoms with van der Waals surface area (Å²) in [6, 6.07) is 11.7. The van der Waals surface area contributed by atoms with Gasteiger partial charge in [-0.15, -0.1) is 0 Å². The Morgan fingerprint density at radius 3 is 2.31 bits per heavy atom. The normalized spacial score (nSPS) is 11.2. The van der Waals surface area contributed by atoms with Gasteiger partial charge in [0.1, 0.15) is 5.75 Å². The van der Waals surface area contributed by atoms with Crippen LogP contribution in [0.4, 0.5) is 21.0 Å². The molecule has 39 heavy (non-hydrogen) atoms. The largest absolute Gasteiger partial charge is 0.495 e. The molecule has 11 nitrogen and oxygen atoms in total. The Morgan fingerprint density at radius 2 is 1.64 bits per heavy atom. The van der Waals surface area contributed by atoms with Gasteiger partial charge in [0.25, 0.3) is 0 Å². The van der Waals surface area contributed by atoms with E-state index in [4.69, 9.17) is 9.84 Å². The van der Waals surface area contributed by atoms with Crippen molar-refractivity contribution in [1.29, 1.82) is 0 Å². The fourth-order valence-electron chi connectivity index (χ4n) is 3.83. The van der Waals surface area contributed by atoms with Crippen molar-refractivity contribution >= 4 is 35.3 Å². The van der Waals surface area contributed by atoms with Gasteiger partial charge in [-0.2, -0.15) is 0 Å². The van der Waals surface area contributed by atoms with Crippen molar-refractivity contribution in [3.8, 4) is 5.75 Å². The number of amides is 5. The molecule has 5 amide bonds. The molecule has 0 heterocycles. The number of carbonyl (C=O) groups excluding carboxylic acids is 3. The molecule has 1 atom stereocenters. The maximum atomic E-state index is 12.6. The topological polar surface area (TPSA) is 140 Å². The summed E-state index contributed by atoms with van der Waals surface area (Å²) in [6.07, 6.45) is 1.23. The van der Waals surface area contributed by atoms with E-state index in [1.165, 1.54) is 12.0 Å². The average Bonchev–Trinajstić information content (AvgIpc) is 2.88. The molecule has 1 unspecified atom stereocenters. The first-order chi connectivity index (χ1) is 18.5. The van der Waals surface area contributed by atoms with Crippen LogP contribution >= 0.6 is 0 Å². The first-order valence-corrected chi connectivity index (χ1v) is 12.8. The van der Waals surface area contributed by atoms with E-state index in [1.54, 1.807) is 38.1 Å². The zero-order chi connectivity index (χ0) is 28.9. The van der Waals surface area contributed by atoms with Gasteiger partial charge < -0.3 is 35.6 Å². The third kappa shape index (κ3) is 10.5. The number of ether oxygens (including phenoxy) is 1. The maximum Gasteiger partial charge on any atom is 0.323 e. The summed E-state index contributed by atoms with van der Waals surface area (Å²) in [5, 5.41) is 17.1. The molecule has 0 aromatic heterocycles. The summed E-state index contributed by atoms with van der Waals surface area (Å²) < 4.78 is 5.45. The van der Waals surface area contributed by atoms with E-state index in [0.717, 1.165) is 11.1 Å². The molecule has 0 aliphatic carbocycles. The minimum absolute atomic E-state index is 0.0315. The summed E-state index contributed by atoms with van der Waals surface area (Å²) in [7, 11) is 4.87. The lowest BCUT2D eigenvalue weighted by Gasteiger charge is -2.22. The molecule has 0 radical (unpaired) electrons. The van der Waals surface area contributed by atoms with E-state index in [9.17, 15) is 19.2 Å². The Kier molecular flexibility index (Phi) is 12.1. The number of rotatable bonds is 13. The summed E-state index contributed by atoms with van der Waals surface area (Å²) >= 11 is 0. The van der Waals surface area contributed by atoms with Gasteiger partial charge in [0.05, 0.1) is 19.2 Å². The van der Waals surface area contributed by atoms with Gasteiger partial charge in [0.2, 0.25) is 5.91 Å². The van der Waals surface area contributed by atoms with Crippen molar-refractivity contribution in [3.05, 3.63) is 53.6 Å². The van der Waals surface area contributed by atoms with Crippen LogP contribution in [0.15, 0.2) is 42.5 Å². The number of methoxy groups -OCH3 is 1. The number of aliphatic carboxylic acids is 1. The third-order valence-electron chi connectivity index (χ3n) is 6.15. The SMILES string of the molecule is COc1cc(CCC(=O)N(C)CCCN(C)C(=O)NC(C)CC(=O)O)ccc1NC(=O)Nc1ccccc1C. The average molecular weight is 542 g/mol. The maximum absolute atomic E-state index is 12.6. The summed E-state index contributed by atoms with van der Waals surface area (Å²) in [5.41, 5.74) is 3.07. The highest BCUT2D eigenvalue weighted by Gasteiger charge is 2.16. The highest BCUT2D eigenvalue weighted by molar-refractivity contribution is 6.01. The van der Waals surface area contributed by atoms with Crippen molar-refractivity contribution in [1.82, 2.24) is 15.1 Å². The Morgan fingerprint density at radius 1 is 0.974 bits per heavy atom. The summed E-state index contributed by atoms with van der Waals surface area (Å²) in [4.78, 5) is 51.1. The van der Waals surface area contributed by atoms with Gasteiger partial charge in [0.15, 0.2) is 0 Å². The third-order valence-corrected chi connectivity index (χ3v) is 6.15. The molecule has 0 saturated heterocycles. The second kappa shape index (κ2) is 15.2. The van der Waals surface area contributed by atoms with Crippen LogP contribution in [0.25, 0.3) is 0 Å². The zero-order valence-electron chi connectivity index (χ0n) is 23.2. The van der Waals surface area contributed by atoms with E-state index in [0.29, 0.717) is 49.5 Å². The van der Waals surface area contributed by atoms with E-state index in [1.807, 2.05) is 37.3 Å². The molecule has 2 aromatic rings. The number of nitrogens with one attached hydrogen (secondary N) is 3. The second-order valence-electron chi connectivity index (χ2n) is 9.47. The number of carboxylic acid groups (broad SMARTS) is 1. The Hall–Kier alpha value is -4.28. The predicted molar refractivity (Wildman–Crippen MR) is 150 cm³/mol. The molecule has 0 fully saturated rings. The van der Waals surface area contributed by atoms with Crippen molar-refractivity contribution in [2.45, 2.75) is 45.6 Å². The van der Waals surface area contributed by atoms with E-state index in [-0.39, 0.29) is 24.4 Å². The molecule has 0 aliphatic rings. The van der Waals surface area contributed by atoms with Gasteiger partial charge in [0, 0.05) is 45.3 Å². The molecule has 2 aromatic carbocycles. The molecular formula is C28H39N5O6. The van der Waals surface area contributed by atoms with Crippen molar-refractivity contribution in [2.75, 3.05) is 44.9 Å². The number of benzene rings is 2. The van der Waals surface area contributed by atoms with Crippen LogP contribution < -0.4 is 20.7 Å². The number of carboxylic acids is 1. The Bertz CT molecular complexity index is 1160. The van der Waals surface area contributed by atoms with Crippen LogP contribution in [-0.4, -0.2) is 79.2 Å². The van der Waals surface area contributed by atoms with Crippen LogP contribution in [0.1, 0.15) is 37.3 Å². The fourth-order valence-corrected chi connectivity index (χ4v) is 3.83. The molecule has 0 aliphatic heterocycles. The van der Waals surface area contributed by atoms with Crippen LogP contribution in [0, 0.1) is 6.92 Å². The van der Waals surface area contributed by atoms with Crippen molar-refractivity contribution < 1.29 is 29.0 Å². The minimum Gasteiger partial charge on any atom is -0.495 e. The van der Waals surface area contributed by atoms with Crippen LogP contribution in [0.2, 0.25) is 0 Å². The summed E-state index contributed by atoms with van der Waals surface area (Å²) in [5.74, 6) is -0.513. The van der Waals surface area contributed by atoms with Gasteiger partial charge in [-0.3, -0.25) is 9.59 Å². The van der Waals surface area contributed by atoms with Gasteiger partial charge in [-0.1, -0.05) is 24.3 Å². The number of para-hydroxylation sites is 1. The van der Waals surface area contributed by atoms with E-state index in [2.05, 4.69) is 16.0 Å². The Balaban J connectivity index is 1.80. The first kappa shape index (κ1) is 30.9. The number of hydrogen-bond acceptors (Lipinski definition) is 5. The first-order valence-electron chi connectivity index (χ1n) is 12.8. The van der Waals surface area contributed by atoms with Gasteiger partial charge >= 0.3 is 18.0 Å². The number of anilines is 2. The molecule has 4 N–H and O–H groups in total. The fraction of sp³-hybridized carbons (Fsp3) is 0.429. The molecule has 212 valence electrons. The number of hydrogen-bond donors (Lipinski definition) is 4. The lowest BCUT2D eigenvalue weighted by atomic mass is 10.1. The zero-order valence-corrected chi connectivity index (χ0v) is 23.2. The second-order valence-corrected chi connectivity index (χ2v) is 9.47. The molecular weight excluding hydrogens is 502 g/mol. The van der Waals surface area contributed by atoms with Crippen LogP contribution in [-0.2, 0) is 16.0 Å². The number of aryl methyl sites for hydroxylation is 2. The standard InChI is InChI=1S/C28H39N5O6/c1-19-9-6-7-10-22(19)30-27(37)31-23-13-11-21(18-24(23)39-5)12-14-25(34)32(3)15-8-16-33(4)28(38)29-20(2)17-26(35)36/h6-7,9-11,13,18,20H,8,12,14-17H2,1-5H3,(H,29,38)(H,35,36)(H2,30,31,37). The lowest BCUT2D eigenvalue weighted by Crippen LogP contribution is -2.43. The summed E-state index contributed by atoms with van der Waals surface area (Å²) in [6.45, 7) is 4.44. The van der Waals surface area contributed by atoms with Gasteiger partial charge in [-0.05, 0) is 56.0 Å². The molecule has 0 saturated carbocycles.